The Hall–Kier alpha value is -3.02. The van der Waals surface area contributed by atoms with E-state index < -0.39 is 0 Å². The maximum absolute atomic E-state index is 4.26. The molecule has 0 aliphatic rings. The van der Waals surface area contributed by atoms with Crippen molar-refractivity contribution in [1.82, 2.24) is 19.8 Å². The average Bonchev–Trinajstić information content (AvgIpc) is 2.96. The van der Waals surface area contributed by atoms with E-state index in [1.165, 1.54) is 0 Å². The third-order valence-corrected chi connectivity index (χ3v) is 2.80. The minimum Gasteiger partial charge on any atom is -0.260 e. The molecule has 1 aromatic carbocycles. The second-order valence-corrected chi connectivity index (χ2v) is 4.52. The summed E-state index contributed by atoms with van der Waals surface area (Å²) < 4.78 is 1.59. The molecule has 0 spiro atoms. The van der Waals surface area contributed by atoms with Gasteiger partial charge in [0.1, 0.15) is 6.33 Å². The van der Waals surface area contributed by atoms with Crippen molar-refractivity contribution in [2.24, 2.45) is 5.10 Å². The quantitative estimate of drug-likeness (QED) is 0.588. The zero-order chi connectivity index (χ0) is 14.5. The molecule has 0 saturated heterocycles. The number of nitrogens with zero attached hydrogens (tertiary/aromatic N) is 5. The molecule has 0 radical (unpaired) electrons. The van der Waals surface area contributed by atoms with Gasteiger partial charge in [-0.25, -0.2) is 0 Å². The lowest BCUT2D eigenvalue weighted by atomic mass is 10.1. The van der Waals surface area contributed by atoms with Gasteiger partial charge < -0.3 is 0 Å². The van der Waals surface area contributed by atoms with E-state index in [1.807, 2.05) is 43.3 Å². The number of benzene rings is 1. The number of fused-ring (bicyclic) bond motifs is 1. The number of aromatic nitrogens is 4. The number of hydrogen-bond acceptors (Lipinski definition) is 5. The van der Waals surface area contributed by atoms with Gasteiger partial charge >= 0.3 is 0 Å². The Labute approximate surface area is 121 Å². The van der Waals surface area contributed by atoms with Crippen LogP contribution in [0.1, 0.15) is 12.5 Å². The molecule has 104 valence electrons. The van der Waals surface area contributed by atoms with E-state index in [0.29, 0.717) is 11.5 Å². The molecule has 0 bridgehead atoms. The molecule has 6 heteroatoms. The van der Waals surface area contributed by atoms with Crippen LogP contribution in [0.4, 0.5) is 5.82 Å². The first-order chi connectivity index (χ1) is 10.3. The Balaban J connectivity index is 1.67. The van der Waals surface area contributed by atoms with E-state index in [1.54, 1.807) is 23.1 Å². The second-order valence-electron chi connectivity index (χ2n) is 4.52. The summed E-state index contributed by atoms with van der Waals surface area (Å²) in [6.07, 6.45) is 5.36. The van der Waals surface area contributed by atoms with Crippen LogP contribution in [0.2, 0.25) is 0 Å². The lowest BCUT2D eigenvalue weighted by molar-refractivity contribution is 0.925. The first-order valence-electron chi connectivity index (χ1n) is 6.51. The number of nitrogens with one attached hydrogen (secondary N) is 1. The summed E-state index contributed by atoms with van der Waals surface area (Å²) in [5.41, 5.74) is 5.77. The van der Waals surface area contributed by atoms with E-state index in [-0.39, 0.29) is 0 Å². The molecule has 2 heterocycles. The van der Waals surface area contributed by atoms with Crippen molar-refractivity contribution in [3.8, 4) is 0 Å². The van der Waals surface area contributed by atoms with Crippen LogP contribution in [0.3, 0.4) is 0 Å². The fourth-order valence-corrected chi connectivity index (χ4v) is 1.84. The molecule has 0 atom stereocenters. The Morgan fingerprint density at radius 3 is 2.90 bits per heavy atom. The number of rotatable bonds is 4. The zero-order valence-corrected chi connectivity index (χ0v) is 11.5. The predicted octanol–water partition coefficient (Wildman–Crippen LogP) is 2.63. The van der Waals surface area contributed by atoms with Gasteiger partial charge in [-0.2, -0.15) is 9.62 Å². The first kappa shape index (κ1) is 13.0. The van der Waals surface area contributed by atoms with Gasteiger partial charge in [-0.05, 0) is 30.2 Å². The summed E-state index contributed by atoms with van der Waals surface area (Å²) in [4.78, 5) is 0. The molecule has 3 rings (SSSR count). The van der Waals surface area contributed by atoms with Crippen LogP contribution in [0, 0.1) is 0 Å². The van der Waals surface area contributed by atoms with Crippen molar-refractivity contribution in [3.63, 3.8) is 0 Å². The molecule has 1 N–H and O–H groups in total. The van der Waals surface area contributed by atoms with Crippen molar-refractivity contribution in [2.75, 3.05) is 5.43 Å². The highest BCUT2D eigenvalue weighted by atomic mass is 15.4. The van der Waals surface area contributed by atoms with E-state index in [4.69, 9.17) is 0 Å². The first-order valence-corrected chi connectivity index (χ1v) is 6.51. The monoisotopic (exact) mass is 278 g/mol. The maximum atomic E-state index is 4.26. The van der Waals surface area contributed by atoms with Crippen LogP contribution < -0.4 is 5.43 Å². The van der Waals surface area contributed by atoms with Gasteiger partial charge in [0.2, 0.25) is 0 Å². The summed E-state index contributed by atoms with van der Waals surface area (Å²) in [5.74, 6) is 0.631. The van der Waals surface area contributed by atoms with Crippen LogP contribution >= 0.6 is 0 Å². The highest BCUT2D eigenvalue weighted by Crippen LogP contribution is 2.06. The number of anilines is 1. The largest absolute Gasteiger partial charge is 0.260 e. The topological polar surface area (TPSA) is 67.5 Å². The van der Waals surface area contributed by atoms with E-state index >= 15 is 0 Å². The van der Waals surface area contributed by atoms with Crippen LogP contribution in [0.25, 0.3) is 11.7 Å². The molecule has 2 aromatic heterocycles. The van der Waals surface area contributed by atoms with Gasteiger partial charge in [0.05, 0.1) is 6.21 Å². The fraction of sp³-hybridized carbons (Fsp3) is 0.0667. The van der Waals surface area contributed by atoms with E-state index in [2.05, 4.69) is 31.9 Å². The lowest BCUT2D eigenvalue weighted by Gasteiger charge is -1.99. The molecule has 21 heavy (non-hydrogen) atoms. The second kappa shape index (κ2) is 5.96. The van der Waals surface area contributed by atoms with Crippen molar-refractivity contribution >= 4 is 23.8 Å². The number of hydrogen-bond donors (Lipinski definition) is 1. The molecule has 3 aromatic rings. The smallest absolute Gasteiger partial charge is 0.177 e. The van der Waals surface area contributed by atoms with Crippen LogP contribution in [-0.2, 0) is 0 Å². The zero-order valence-electron chi connectivity index (χ0n) is 11.5. The van der Waals surface area contributed by atoms with Gasteiger partial charge in [-0.1, -0.05) is 36.4 Å². The molecule has 0 saturated carbocycles. The van der Waals surface area contributed by atoms with Gasteiger partial charge in [0, 0.05) is 0 Å². The van der Waals surface area contributed by atoms with Gasteiger partial charge in [0.25, 0.3) is 0 Å². The third-order valence-electron chi connectivity index (χ3n) is 2.80. The van der Waals surface area contributed by atoms with Gasteiger partial charge in [-0.3, -0.25) is 5.43 Å². The average molecular weight is 278 g/mol. The summed E-state index contributed by atoms with van der Waals surface area (Å²) >= 11 is 0. The maximum Gasteiger partial charge on any atom is 0.177 e. The SMILES string of the molecule is CC(/C=N\Nc1ccc2nncn2n1)=C\c1ccccc1. The fourth-order valence-electron chi connectivity index (χ4n) is 1.84. The van der Waals surface area contributed by atoms with Crippen LogP contribution in [0.15, 0.2) is 59.5 Å². The highest BCUT2D eigenvalue weighted by Gasteiger charge is 1.97. The summed E-state index contributed by atoms with van der Waals surface area (Å²) in [5, 5.41) is 16.1. The molecule has 6 nitrogen and oxygen atoms in total. The summed E-state index contributed by atoms with van der Waals surface area (Å²) in [6, 6.07) is 13.7. The molecular weight excluding hydrogens is 264 g/mol. The van der Waals surface area contributed by atoms with Crippen LogP contribution in [0.5, 0.6) is 0 Å². The molecule has 0 unspecified atom stereocenters. The molecular formula is C15H14N6. The Morgan fingerprint density at radius 1 is 1.19 bits per heavy atom. The van der Waals surface area contributed by atoms with Crippen molar-refractivity contribution < 1.29 is 0 Å². The van der Waals surface area contributed by atoms with E-state index in [9.17, 15) is 0 Å². The van der Waals surface area contributed by atoms with Crippen LogP contribution in [-0.4, -0.2) is 26.0 Å². The Bertz CT molecular complexity index is 788. The highest BCUT2D eigenvalue weighted by molar-refractivity contribution is 5.85. The number of hydrazone groups is 1. The lowest BCUT2D eigenvalue weighted by Crippen LogP contribution is -1.97. The minimum absolute atomic E-state index is 0.631. The minimum atomic E-state index is 0.631. The Morgan fingerprint density at radius 2 is 2.05 bits per heavy atom. The Kier molecular flexibility index (Phi) is 3.68. The molecule has 0 aliphatic carbocycles. The van der Waals surface area contributed by atoms with Crippen molar-refractivity contribution in [3.05, 3.63) is 59.9 Å². The predicted molar refractivity (Wildman–Crippen MR) is 83.0 cm³/mol. The summed E-state index contributed by atoms with van der Waals surface area (Å²) in [7, 11) is 0. The normalized spacial score (nSPS) is 12.1. The molecule has 0 aliphatic heterocycles. The molecule has 0 fully saturated rings. The standard InChI is InChI=1S/C15H14N6/c1-12(9-13-5-3-2-4-6-13)10-16-18-14-7-8-15-19-17-11-21(15)20-14/h2-11H,1H3,(H,18,20)/b12-9+,16-10-. The van der Waals surface area contributed by atoms with Crippen molar-refractivity contribution in [1.29, 1.82) is 0 Å². The summed E-state index contributed by atoms with van der Waals surface area (Å²) in [6.45, 7) is 1.99. The van der Waals surface area contributed by atoms with Gasteiger partial charge in [-0.15, -0.1) is 15.3 Å². The van der Waals surface area contributed by atoms with Gasteiger partial charge in [0.15, 0.2) is 11.5 Å². The molecule has 0 amide bonds. The van der Waals surface area contributed by atoms with Crippen molar-refractivity contribution in [2.45, 2.75) is 6.92 Å². The number of allylic oxidation sites excluding steroid dienone is 1. The van der Waals surface area contributed by atoms with E-state index in [0.717, 1.165) is 11.1 Å². The third kappa shape index (κ3) is 3.30.